The van der Waals surface area contributed by atoms with Gasteiger partial charge in [0.05, 0.1) is 22.4 Å². The van der Waals surface area contributed by atoms with E-state index in [-0.39, 0.29) is 0 Å². The van der Waals surface area contributed by atoms with Crippen molar-refractivity contribution in [2.45, 2.75) is 0 Å². The molecule has 2 heterocycles. The monoisotopic (exact) mass is 552 g/mol. The molecule has 0 saturated heterocycles. The number of aromatic nitrogens is 4. The highest BCUT2D eigenvalue weighted by molar-refractivity contribution is 5.92. The van der Waals surface area contributed by atoms with Crippen LogP contribution in [0.4, 0.5) is 0 Å². The largest absolute Gasteiger partial charge is 0.416 e. The van der Waals surface area contributed by atoms with Gasteiger partial charge in [-0.05, 0) is 64.4 Å². The lowest BCUT2D eigenvalue weighted by Gasteiger charge is -2.12. The summed E-state index contributed by atoms with van der Waals surface area (Å²) in [5, 5.41) is 10.8. The minimum atomic E-state index is 0.497. The maximum Gasteiger partial charge on any atom is 0.248 e. The zero-order valence-corrected chi connectivity index (χ0v) is 23.1. The molecule has 0 aliphatic heterocycles. The molecule has 0 aliphatic carbocycles. The number of para-hydroxylation sites is 2. The Morgan fingerprint density at radius 3 is 1.47 bits per heavy atom. The van der Waals surface area contributed by atoms with E-state index in [1.54, 1.807) is 0 Å². The molecule has 8 rings (SSSR count). The van der Waals surface area contributed by atoms with E-state index < -0.39 is 0 Å². The van der Waals surface area contributed by atoms with E-state index in [0.29, 0.717) is 11.8 Å². The third kappa shape index (κ3) is 4.73. The predicted octanol–water partition coefficient (Wildman–Crippen LogP) is 9.50. The molecule has 0 spiro atoms. The molecule has 202 valence electrons. The van der Waals surface area contributed by atoms with Crippen LogP contribution in [0.3, 0.4) is 0 Å². The molecule has 5 heteroatoms. The first-order valence-corrected chi connectivity index (χ1v) is 14.1. The summed E-state index contributed by atoms with van der Waals surface area (Å²) in [5.74, 6) is 1.01. The van der Waals surface area contributed by atoms with Gasteiger partial charge in [-0.25, -0.2) is 9.97 Å². The van der Waals surface area contributed by atoms with Crippen LogP contribution in [0.2, 0.25) is 0 Å². The molecule has 0 saturated carbocycles. The Labute approximate surface area is 248 Å². The second-order valence-electron chi connectivity index (χ2n) is 10.4. The van der Waals surface area contributed by atoms with E-state index in [1.807, 2.05) is 66.7 Å². The third-order valence-electron chi connectivity index (χ3n) is 7.66. The van der Waals surface area contributed by atoms with E-state index in [1.165, 1.54) is 10.8 Å². The van der Waals surface area contributed by atoms with Gasteiger partial charge < -0.3 is 4.42 Å². The van der Waals surface area contributed by atoms with Crippen LogP contribution in [0.5, 0.6) is 0 Å². The topological polar surface area (TPSA) is 64.7 Å². The van der Waals surface area contributed by atoms with Gasteiger partial charge in [0.15, 0.2) is 0 Å². The van der Waals surface area contributed by atoms with Crippen LogP contribution in [0.15, 0.2) is 150 Å². The number of benzene rings is 6. The maximum absolute atomic E-state index is 5.93. The highest BCUT2D eigenvalue weighted by Gasteiger charge is 2.15. The van der Waals surface area contributed by atoms with Gasteiger partial charge in [0.2, 0.25) is 11.8 Å². The lowest BCUT2D eigenvalue weighted by Crippen LogP contribution is -1.95. The second kappa shape index (κ2) is 10.5. The Balaban J connectivity index is 1.12. The van der Waals surface area contributed by atoms with Crippen LogP contribution >= 0.6 is 0 Å². The molecular formula is C38H24N4O. The average Bonchev–Trinajstić information content (AvgIpc) is 3.59. The molecular weight excluding hydrogens is 528 g/mol. The lowest BCUT2D eigenvalue weighted by molar-refractivity contribution is 0.584. The van der Waals surface area contributed by atoms with Crippen molar-refractivity contribution in [2.75, 3.05) is 0 Å². The summed E-state index contributed by atoms with van der Waals surface area (Å²) < 4.78 is 5.93. The molecule has 0 bridgehead atoms. The maximum atomic E-state index is 5.93. The molecule has 43 heavy (non-hydrogen) atoms. The predicted molar refractivity (Wildman–Crippen MR) is 172 cm³/mol. The van der Waals surface area contributed by atoms with E-state index >= 15 is 0 Å². The highest BCUT2D eigenvalue weighted by Crippen LogP contribution is 2.34. The molecule has 0 unspecified atom stereocenters. The highest BCUT2D eigenvalue weighted by atomic mass is 16.4. The van der Waals surface area contributed by atoms with E-state index in [4.69, 9.17) is 14.4 Å². The first kappa shape index (κ1) is 24.8. The molecule has 0 radical (unpaired) electrons. The van der Waals surface area contributed by atoms with Crippen LogP contribution in [0.1, 0.15) is 0 Å². The van der Waals surface area contributed by atoms with Crippen molar-refractivity contribution >= 4 is 21.8 Å². The van der Waals surface area contributed by atoms with Gasteiger partial charge >= 0.3 is 0 Å². The molecule has 0 atom stereocenters. The van der Waals surface area contributed by atoms with Gasteiger partial charge in [-0.1, -0.05) is 103 Å². The van der Waals surface area contributed by atoms with E-state index in [2.05, 4.69) is 89.1 Å². The number of hydrogen-bond acceptors (Lipinski definition) is 5. The Hall–Kier alpha value is -5.94. The zero-order chi connectivity index (χ0) is 28.6. The summed E-state index contributed by atoms with van der Waals surface area (Å²) in [6.07, 6.45) is 0. The number of rotatable bonds is 5. The third-order valence-corrected chi connectivity index (χ3v) is 7.66. The molecule has 0 amide bonds. The van der Waals surface area contributed by atoms with Crippen molar-refractivity contribution in [2.24, 2.45) is 0 Å². The second-order valence-corrected chi connectivity index (χ2v) is 10.4. The smallest absolute Gasteiger partial charge is 0.248 e. The van der Waals surface area contributed by atoms with Gasteiger partial charge in [0, 0.05) is 22.3 Å². The number of nitrogens with zero attached hydrogens (tertiary/aromatic N) is 4. The SMILES string of the molecule is c1ccc(-c2nnc(-c3ccc(-c4ccc(-c5nc6ccccc6nc5-c5ccc6ccccc6c5)cc4)cc3)o2)cc1. The summed E-state index contributed by atoms with van der Waals surface area (Å²) in [6, 6.07) is 49.4. The Kier molecular flexibility index (Phi) is 6.05. The fourth-order valence-corrected chi connectivity index (χ4v) is 5.40. The van der Waals surface area contributed by atoms with Gasteiger partial charge in [0.1, 0.15) is 0 Å². The Bertz CT molecular complexity index is 2220. The van der Waals surface area contributed by atoms with Gasteiger partial charge in [-0.15, -0.1) is 10.2 Å². The zero-order valence-electron chi connectivity index (χ0n) is 23.1. The van der Waals surface area contributed by atoms with Gasteiger partial charge in [0.25, 0.3) is 0 Å². The summed E-state index contributed by atoms with van der Waals surface area (Å²) in [6.45, 7) is 0. The van der Waals surface area contributed by atoms with Crippen molar-refractivity contribution in [1.29, 1.82) is 0 Å². The number of hydrogen-bond donors (Lipinski definition) is 0. The van der Waals surface area contributed by atoms with Crippen LogP contribution < -0.4 is 0 Å². The van der Waals surface area contributed by atoms with Crippen molar-refractivity contribution in [3.63, 3.8) is 0 Å². The summed E-state index contributed by atoms with van der Waals surface area (Å²) >= 11 is 0. The van der Waals surface area contributed by atoms with Crippen molar-refractivity contribution in [3.8, 4) is 56.6 Å². The fraction of sp³-hybridized carbons (Fsp3) is 0. The van der Waals surface area contributed by atoms with Gasteiger partial charge in [-0.3, -0.25) is 0 Å². The first-order chi connectivity index (χ1) is 21.3. The molecule has 6 aromatic carbocycles. The summed E-state index contributed by atoms with van der Waals surface area (Å²) in [7, 11) is 0. The van der Waals surface area contributed by atoms with E-state index in [9.17, 15) is 0 Å². The molecule has 2 aromatic heterocycles. The Morgan fingerprint density at radius 1 is 0.349 bits per heavy atom. The van der Waals surface area contributed by atoms with Crippen molar-refractivity contribution in [3.05, 3.63) is 146 Å². The van der Waals surface area contributed by atoms with Crippen LogP contribution in [0.25, 0.3) is 78.4 Å². The molecule has 8 aromatic rings. The normalized spacial score (nSPS) is 11.3. The van der Waals surface area contributed by atoms with Crippen molar-refractivity contribution < 1.29 is 4.42 Å². The minimum absolute atomic E-state index is 0.497. The molecule has 0 aliphatic rings. The summed E-state index contributed by atoms with van der Waals surface area (Å²) in [5.41, 5.74) is 9.52. The molecule has 5 nitrogen and oxygen atoms in total. The van der Waals surface area contributed by atoms with Crippen LogP contribution in [-0.4, -0.2) is 20.2 Å². The number of fused-ring (bicyclic) bond motifs is 2. The van der Waals surface area contributed by atoms with E-state index in [0.717, 1.165) is 55.8 Å². The first-order valence-electron chi connectivity index (χ1n) is 14.1. The Morgan fingerprint density at radius 2 is 0.814 bits per heavy atom. The minimum Gasteiger partial charge on any atom is -0.416 e. The standard InChI is InChI=1S/C38H24N4O/c1-2-9-29(10-3-1)37-41-42-38(43-37)30-21-16-27(17-22-30)26-14-19-28(20-15-26)35-36(40-34-13-7-6-12-33(34)39-35)32-23-18-25-8-4-5-11-31(25)24-32/h1-24H. The quantitative estimate of drug-likeness (QED) is 0.213. The molecule has 0 fully saturated rings. The molecule has 0 N–H and O–H groups in total. The van der Waals surface area contributed by atoms with Crippen LogP contribution in [-0.2, 0) is 0 Å². The lowest BCUT2D eigenvalue weighted by atomic mass is 9.98. The summed E-state index contributed by atoms with van der Waals surface area (Å²) in [4.78, 5) is 10.2. The van der Waals surface area contributed by atoms with Gasteiger partial charge in [-0.2, -0.15) is 0 Å². The van der Waals surface area contributed by atoms with Crippen molar-refractivity contribution in [1.82, 2.24) is 20.2 Å². The fourth-order valence-electron chi connectivity index (χ4n) is 5.40. The average molecular weight is 553 g/mol. The van der Waals surface area contributed by atoms with Crippen LogP contribution in [0, 0.1) is 0 Å².